The molecular weight excluding hydrogens is 352 g/mol. The molecule has 1 fully saturated rings. The topological polar surface area (TPSA) is 55.8 Å². The van der Waals surface area contributed by atoms with Crippen molar-refractivity contribution in [2.75, 3.05) is 20.2 Å². The van der Waals surface area contributed by atoms with Gasteiger partial charge in [-0.3, -0.25) is 4.90 Å². The van der Waals surface area contributed by atoms with Crippen molar-refractivity contribution in [2.24, 2.45) is 5.92 Å². The number of methoxy groups -OCH3 is 1. The lowest BCUT2D eigenvalue weighted by Crippen LogP contribution is -2.26. The maximum atomic E-state index is 6.23. The molecule has 0 aromatic carbocycles. The fourth-order valence-corrected chi connectivity index (χ4v) is 3.97. The molecule has 0 atom stereocenters. The lowest BCUT2D eigenvalue weighted by Gasteiger charge is -2.20. The summed E-state index contributed by atoms with van der Waals surface area (Å²) in [5.41, 5.74) is 5.99. The van der Waals surface area contributed by atoms with Gasteiger partial charge in [-0.15, -0.1) is 0 Å². The van der Waals surface area contributed by atoms with Crippen LogP contribution in [0.5, 0.6) is 5.88 Å². The van der Waals surface area contributed by atoms with Crippen LogP contribution in [0.3, 0.4) is 0 Å². The number of aryl methyl sites for hydroxylation is 3. The van der Waals surface area contributed by atoms with Gasteiger partial charge in [-0.1, -0.05) is 6.92 Å². The van der Waals surface area contributed by atoms with Crippen molar-refractivity contribution < 1.29 is 9.15 Å². The zero-order valence-electron chi connectivity index (χ0n) is 17.6. The third kappa shape index (κ3) is 3.53. The molecule has 4 rings (SSSR count). The standard InChI is InChI=1S/C22H30N4O2/c1-6-11-25(12-17-7-8-17)13-19-15(3)24-26-21(16(4)28-22(19)26)18-9-10-20(27-5)23-14(18)2/h9-10,17H,6-8,11-13H2,1-5H3. The van der Waals surface area contributed by atoms with Crippen LogP contribution < -0.4 is 4.74 Å². The summed E-state index contributed by atoms with van der Waals surface area (Å²) in [6.07, 6.45) is 3.90. The minimum Gasteiger partial charge on any atom is -0.481 e. The molecule has 0 radical (unpaired) electrons. The Hall–Kier alpha value is -2.34. The highest BCUT2D eigenvalue weighted by Crippen LogP contribution is 2.34. The first-order chi connectivity index (χ1) is 13.5. The third-order valence-corrected chi connectivity index (χ3v) is 5.59. The number of oxazole rings is 1. The molecule has 0 spiro atoms. The van der Waals surface area contributed by atoms with E-state index >= 15 is 0 Å². The van der Waals surface area contributed by atoms with Crippen LogP contribution in [0.2, 0.25) is 0 Å². The number of pyridine rings is 1. The molecular formula is C22H30N4O2. The Morgan fingerprint density at radius 2 is 2.00 bits per heavy atom. The van der Waals surface area contributed by atoms with Crippen molar-refractivity contribution in [3.63, 3.8) is 0 Å². The van der Waals surface area contributed by atoms with E-state index in [4.69, 9.17) is 14.3 Å². The molecule has 1 saturated carbocycles. The summed E-state index contributed by atoms with van der Waals surface area (Å²) < 4.78 is 13.4. The second kappa shape index (κ2) is 7.59. The van der Waals surface area contributed by atoms with Crippen molar-refractivity contribution in [2.45, 2.75) is 53.5 Å². The molecule has 0 amide bonds. The van der Waals surface area contributed by atoms with Crippen LogP contribution in [0.25, 0.3) is 17.0 Å². The first-order valence-electron chi connectivity index (χ1n) is 10.2. The fraction of sp³-hybridized carbons (Fsp3) is 0.545. The predicted molar refractivity (Wildman–Crippen MR) is 110 cm³/mol. The van der Waals surface area contributed by atoms with Crippen molar-refractivity contribution in [3.8, 4) is 17.1 Å². The van der Waals surface area contributed by atoms with Gasteiger partial charge in [-0.05, 0) is 58.6 Å². The summed E-state index contributed by atoms with van der Waals surface area (Å²) in [7, 11) is 1.63. The number of aromatic nitrogens is 3. The maximum absolute atomic E-state index is 6.23. The highest BCUT2D eigenvalue weighted by molar-refractivity contribution is 5.68. The Morgan fingerprint density at radius 1 is 1.21 bits per heavy atom. The second-order valence-corrected chi connectivity index (χ2v) is 7.95. The molecule has 3 aromatic heterocycles. The third-order valence-electron chi connectivity index (χ3n) is 5.59. The summed E-state index contributed by atoms with van der Waals surface area (Å²) in [5, 5.41) is 4.84. The summed E-state index contributed by atoms with van der Waals surface area (Å²) in [4.78, 5) is 7.08. The van der Waals surface area contributed by atoms with Crippen LogP contribution >= 0.6 is 0 Å². The number of hydrogen-bond acceptors (Lipinski definition) is 5. The van der Waals surface area contributed by atoms with Crippen LogP contribution in [0.15, 0.2) is 16.5 Å². The van der Waals surface area contributed by atoms with E-state index in [-0.39, 0.29) is 0 Å². The van der Waals surface area contributed by atoms with Crippen molar-refractivity contribution in [3.05, 3.63) is 34.8 Å². The van der Waals surface area contributed by atoms with E-state index in [1.54, 1.807) is 7.11 Å². The Bertz CT molecular complexity index is 984. The molecule has 0 saturated heterocycles. The molecule has 0 aliphatic heterocycles. The first-order valence-corrected chi connectivity index (χ1v) is 10.2. The molecule has 6 nitrogen and oxygen atoms in total. The molecule has 6 heteroatoms. The average molecular weight is 383 g/mol. The highest BCUT2D eigenvalue weighted by Gasteiger charge is 2.27. The van der Waals surface area contributed by atoms with E-state index < -0.39 is 0 Å². The van der Waals surface area contributed by atoms with Gasteiger partial charge in [0.25, 0.3) is 0 Å². The van der Waals surface area contributed by atoms with Gasteiger partial charge in [0.2, 0.25) is 11.6 Å². The van der Waals surface area contributed by atoms with Crippen LogP contribution in [0.1, 0.15) is 48.9 Å². The Labute approximate surface area is 166 Å². The fourth-order valence-electron chi connectivity index (χ4n) is 3.97. The normalized spacial score (nSPS) is 14.4. The second-order valence-electron chi connectivity index (χ2n) is 7.95. The van der Waals surface area contributed by atoms with Crippen LogP contribution in [-0.2, 0) is 6.54 Å². The van der Waals surface area contributed by atoms with E-state index in [0.29, 0.717) is 5.88 Å². The molecule has 150 valence electrons. The molecule has 3 aromatic rings. The number of hydrogen-bond donors (Lipinski definition) is 0. The van der Waals surface area contributed by atoms with E-state index in [1.165, 1.54) is 24.9 Å². The van der Waals surface area contributed by atoms with Crippen LogP contribution in [0.4, 0.5) is 0 Å². The molecule has 28 heavy (non-hydrogen) atoms. The maximum Gasteiger partial charge on any atom is 0.227 e. The molecule has 0 unspecified atom stereocenters. The Balaban J connectivity index is 1.73. The van der Waals surface area contributed by atoms with E-state index in [0.717, 1.165) is 59.5 Å². The largest absolute Gasteiger partial charge is 0.481 e. The van der Waals surface area contributed by atoms with Crippen molar-refractivity contribution >= 4 is 5.71 Å². The van der Waals surface area contributed by atoms with Gasteiger partial charge in [0.05, 0.1) is 24.1 Å². The minimum absolute atomic E-state index is 0.617. The van der Waals surface area contributed by atoms with Gasteiger partial charge < -0.3 is 9.15 Å². The number of rotatable bonds is 8. The van der Waals surface area contributed by atoms with Gasteiger partial charge >= 0.3 is 0 Å². The smallest absolute Gasteiger partial charge is 0.227 e. The molecule has 3 heterocycles. The Kier molecular flexibility index (Phi) is 5.15. The zero-order valence-corrected chi connectivity index (χ0v) is 17.6. The van der Waals surface area contributed by atoms with Gasteiger partial charge in [0.1, 0.15) is 11.5 Å². The van der Waals surface area contributed by atoms with Gasteiger partial charge in [-0.25, -0.2) is 4.98 Å². The monoisotopic (exact) mass is 382 g/mol. The van der Waals surface area contributed by atoms with Gasteiger partial charge in [0, 0.05) is 24.7 Å². The number of ether oxygens (including phenoxy) is 1. The minimum atomic E-state index is 0.617. The highest BCUT2D eigenvalue weighted by atomic mass is 16.5. The summed E-state index contributed by atoms with van der Waals surface area (Å²) >= 11 is 0. The summed E-state index contributed by atoms with van der Waals surface area (Å²) in [6, 6.07) is 3.92. The van der Waals surface area contributed by atoms with E-state index in [9.17, 15) is 0 Å². The zero-order chi connectivity index (χ0) is 19.8. The quantitative estimate of drug-likeness (QED) is 0.572. The molecule has 0 N–H and O–H groups in total. The molecule has 0 bridgehead atoms. The van der Waals surface area contributed by atoms with Crippen LogP contribution in [-0.4, -0.2) is 39.7 Å². The number of fused-ring (bicyclic) bond motifs is 1. The van der Waals surface area contributed by atoms with Crippen molar-refractivity contribution in [1.29, 1.82) is 0 Å². The van der Waals surface area contributed by atoms with E-state index in [1.807, 2.05) is 30.5 Å². The number of nitrogens with zero attached hydrogens (tertiary/aromatic N) is 4. The lowest BCUT2D eigenvalue weighted by atomic mass is 10.1. The van der Waals surface area contributed by atoms with E-state index in [2.05, 4.69) is 23.7 Å². The Morgan fingerprint density at radius 3 is 2.64 bits per heavy atom. The lowest BCUT2D eigenvalue weighted by molar-refractivity contribution is 0.254. The molecule has 1 aliphatic rings. The first kappa shape index (κ1) is 19.0. The van der Waals surface area contributed by atoms with Gasteiger partial charge in [0.15, 0.2) is 0 Å². The average Bonchev–Trinajstić information content (AvgIpc) is 3.36. The summed E-state index contributed by atoms with van der Waals surface area (Å²) in [6.45, 7) is 11.5. The molecule has 1 aliphatic carbocycles. The predicted octanol–water partition coefficient (Wildman–Crippen LogP) is 4.55. The summed E-state index contributed by atoms with van der Waals surface area (Å²) in [5.74, 6) is 2.36. The van der Waals surface area contributed by atoms with Crippen LogP contribution in [0, 0.1) is 26.7 Å². The SMILES string of the molecule is CCCN(Cc1c(C)nn2c(-c3ccc(OC)nc3C)c(C)oc12)CC1CC1. The van der Waals surface area contributed by atoms with Gasteiger partial charge in [-0.2, -0.15) is 9.61 Å². The van der Waals surface area contributed by atoms with Crippen molar-refractivity contribution in [1.82, 2.24) is 19.5 Å².